The smallest absolute Gasteiger partial charge is 0.291 e. The number of furan rings is 1. The molecule has 0 unspecified atom stereocenters. The van der Waals surface area contributed by atoms with Crippen LogP contribution >= 0.6 is 11.6 Å². The maximum Gasteiger partial charge on any atom is 0.291 e. The Morgan fingerprint density at radius 1 is 1.00 bits per heavy atom. The molecule has 2 amide bonds. The molecule has 0 atom stereocenters. The Kier molecular flexibility index (Phi) is 4.51. The Balaban J connectivity index is 1.97. The zero-order valence-corrected chi connectivity index (χ0v) is 14.8. The molecule has 0 aliphatic carbocycles. The minimum atomic E-state index is -0.387. The van der Waals surface area contributed by atoms with Gasteiger partial charge in [-0.25, -0.2) is 0 Å². The largest absolute Gasteiger partial charge is 0.449 e. The number of para-hydroxylation sites is 1. The number of halogens is 1. The summed E-state index contributed by atoms with van der Waals surface area (Å²) in [6.07, 6.45) is 0. The number of fused-ring (bicyclic) bond motifs is 1. The van der Waals surface area contributed by atoms with E-state index in [1.807, 2.05) is 19.1 Å². The van der Waals surface area contributed by atoms with Crippen LogP contribution in [0.1, 0.15) is 32.0 Å². The lowest BCUT2D eigenvalue weighted by Crippen LogP contribution is -2.20. The van der Waals surface area contributed by atoms with Gasteiger partial charge >= 0.3 is 0 Å². The van der Waals surface area contributed by atoms with E-state index in [4.69, 9.17) is 16.0 Å². The molecule has 3 rings (SSSR count). The Labute approximate surface area is 150 Å². The van der Waals surface area contributed by atoms with E-state index in [-0.39, 0.29) is 17.6 Å². The normalized spacial score (nSPS) is 10.7. The number of benzene rings is 2. The van der Waals surface area contributed by atoms with Crippen LogP contribution in [0.25, 0.3) is 11.0 Å². The number of aryl methyl sites for hydroxylation is 1. The van der Waals surface area contributed by atoms with Crippen molar-refractivity contribution in [3.05, 3.63) is 63.9 Å². The Hall–Kier alpha value is -2.79. The van der Waals surface area contributed by atoms with Crippen LogP contribution in [0.4, 0.5) is 5.69 Å². The van der Waals surface area contributed by atoms with Crippen LogP contribution < -0.4 is 10.6 Å². The van der Waals surface area contributed by atoms with Crippen molar-refractivity contribution in [3.63, 3.8) is 0 Å². The first-order chi connectivity index (χ1) is 11.9. The summed E-state index contributed by atoms with van der Waals surface area (Å²) < 4.78 is 5.68. The van der Waals surface area contributed by atoms with Gasteiger partial charge in [-0.3, -0.25) is 9.59 Å². The first kappa shape index (κ1) is 17.0. The van der Waals surface area contributed by atoms with Gasteiger partial charge in [-0.1, -0.05) is 29.8 Å². The van der Waals surface area contributed by atoms with Gasteiger partial charge in [-0.15, -0.1) is 0 Å². The lowest BCUT2D eigenvalue weighted by molar-refractivity contribution is 0.0960. The Morgan fingerprint density at radius 2 is 1.72 bits per heavy atom. The van der Waals surface area contributed by atoms with Crippen LogP contribution in [0.15, 0.2) is 40.8 Å². The minimum Gasteiger partial charge on any atom is -0.449 e. The summed E-state index contributed by atoms with van der Waals surface area (Å²) in [6, 6.07) is 10.5. The Morgan fingerprint density at radius 3 is 2.40 bits per heavy atom. The first-order valence-corrected chi connectivity index (χ1v) is 8.12. The first-order valence-electron chi connectivity index (χ1n) is 7.74. The molecule has 0 fully saturated rings. The van der Waals surface area contributed by atoms with E-state index in [1.54, 1.807) is 38.2 Å². The fourth-order valence-electron chi connectivity index (χ4n) is 2.76. The molecule has 0 radical (unpaired) electrons. The monoisotopic (exact) mass is 356 g/mol. The van der Waals surface area contributed by atoms with Gasteiger partial charge in [0, 0.05) is 29.2 Å². The number of hydrogen-bond donors (Lipinski definition) is 2. The molecule has 0 saturated carbocycles. The standard InChI is InChI=1S/C19H17ClN2O3/c1-10-13(18(23)21-3)7-5-9-15(10)22-19(24)16-11(2)12-6-4-8-14(20)17(12)25-16/h4-9H,1-3H3,(H,21,23)(H,22,24). The fourth-order valence-corrected chi connectivity index (χ4v) is 2.97. The summed E-state index contributed by atoms with van der Waals surface area (Å²) in [7, 11) is 1.56. The predicted octanol–water partition coefficient (Wildman–Crippen LogP) is 4.31. The molecule has 6 heteroatoms. The molecule has 0 bridgehead atoms. The van der Waals surface area contributed by atoms with Gasteiger partial charge in [0.1, 0.15) is 0 Å². The zero-order valence-electron chi connectivity index (χ0n) is 14.1. The molecule has 0 aliphatic heterocycles. The van der Waals surface area contributed by atoms with Gasteiger partial charge in [0.15, 0.2) is 11.3 Å². The fraction of sp³-hybridized carbons (Fsp3) is 0.158. The minimum absolute atomic E-state index is 0.202. The number of rotatable bonds is 3. The van der Waals surface area contributed by atoms with Crippen molar-refractivity contribution >= 4 is 40.1 Å². The summed E-state index contributed by atoms with van der Waals surface area (Å²) in [4.78, 5) is 24.6. The van der Waals surface area contributed by atoms with Crippen LogP contribution in [0.2, 0.25) is 5.02 Å². The van der Waals surface area contributed by atoms with Gasteiger partial charge in [0.25, 0.3) is 11.8 Å². The highest BCUT2D eigenvalue weighted by molar-refractivity contribution is 6.35. The molecule has 5 nitrogen and oxygen atoms in total. The molecule has 2 aromatic carbocycles. The van der Waals surface area contributed by atoms with Crippen molar-refractivity contribution in [2.24, 2.45) is 0 Å². The summed E-state index contributed by atoms with van der Waals surface area (Å²) >= 11 is 6.13. The van der Waals surface area contributed by atoms with Crippen LogP contribution in [-0.2, 0) is 0 Å². The molecule has 128 valence electrons. The van der Waals surface area contributed by atoms with Crippen molar-refractivity contribution in [2.75, 3.05) is 12.4 Å². The van der Waals surface area contributed by atoms with E-state index in [1.165, 1.54) is 0 Å². The van der Waals surface area contributed by atoms with E-state index in [0.717, 1.165) is 10.9 Å². The molecule has 2 N–H and O–H groups in total. The number of amides is 2. The van der Waals surface area contributed by atoms with Gasteiger partial charge in [0.05, 0.1) is 5.02 Å². The van der Waals surface area contributed by atoms with E-state index in [9.17, 15) is 9.59 Å². The van der Waals surface area contributed by atoms with Crippen molar-refractivity contribution < 1.29 is 14.0 Å². The summed E-state index contributed by atoms with van der Waals surface area (Å²) in [5.41, 5.74) is 2.95. The van der Waals surface area contributed by atoms with E-state index >= 15 is 0 Å². The van der Waals surface area contributed by atoms with Gasteiger partial charge in [-0.05, 0) is 37.6 Å². The number of anilines is 1. The molecule has 1 aromatic heterocycles. The number of hydrogen-bond acceptors (Lipinski definition) is 3. The number of nitrogens with one attached hydrogen (secondary N) is 2. The van der Waals surface area contributed by atoms with Crippen LogP contribution in [0.3, 0.4) is 0 Å². The lowest BCUT2D eigenvalue weighted by Gasteiger charge is -2.11. The molecule has 3 aromatic rings. The van der Waals surface area contributed by atoms with Crippen molar-refractivity contribution in [2.45, 2.75) is 13.8 Å². The van der Waals surface area contributed by atoms with Crippen molar-refractivity contribution in [1.29, 1.82) is 0 Å². The molecule has 0 aliphatic rings. The maximum absolute atomic E-state index is 12.7. The highest BCUT2D eigenvalue weighted by Gasteiger charge is 2.20. The summed E-state index contributed by atoms with van der Waals surface area (Å²) in [5, 5.41) is 6.65. The van der Waals surface area contributed by atoms with Crippen LogP contribution in [-0.4, -0.2) is 18.9 Å². The van der Waals surface area contributed by atoms with Gasteiger partial charge < -0.3 is 15.1 Å². The molecule has 0 spiro atoms. The van der Waals surface area contributed by atoms with Crippen molar-refractivity contribution in [3.8, 4) is 0 Å². The van der Waals surface area contributed by atoms with Crippen LogP contribution in [0, 0.1) is 13.8 Å². The molecular formula is C19H17ClN2O3. The summed E-state index contributed by atoms with van der Waals surface area (Å²) in [5.74, 6) is -0.393. The number of carbonyl (C=O) groups excluding carboxylic acids is 2. The third kappa shape index (κ3) is 2.98. The van der Waals surface area contributed by atoms with E-state index in [2.05, 4.69) is 10.6 Å². The molecule has 25 heavy (non-hydrogen) atoms. The predicted molar refractivity (Wildman–Crippen MR) is 98.5 cm³/mol. The van der Waals surface area contributed by atoms with Crippen molar-refractivity contribution in [1.82, 2.24) is 5.32 Å². The van der Waals surface area contributed by atoms with Gasteiger partial charge in [0.2, 0.25) is 0 Å². The van der Waals surface area contributed by atoms with E-state index in [0.29, 0.717) is 27.4 Å². The maximum atomic E-state index is 12.7. The molecular weight excluding hydrogens is 340 g/mol. The SMILES string of the molecule is CNC(=O)c1cccc(NC(=O)c2oc3c(Cl)cccc3c2C)c1C. The third-order valence-electron chi connectivity index (χ3n) is 4.18. The highest BCUT2D eigenvalue weighted by Crippen LogP contribution is 2.31. The average molecular weight is 357 g/mol. The Bertz CT molecular complexity index is 992. The van der Waals surface area contributed by atoms with Gasteiger partial charge in [-0.2, -0.15) is 0 Å². The molecule has 0 saturated heterocycles. The second-order valence-corrected chi connectivity index (χ2v) is 6.09. The second kappa shape index (κ2) is 6.61. The average Bonchev–Trinajstić information content (AvgIpc) is 2.94. The second-order valence-electron chi connectivity index (χ2n) is 5.68. The quantitative estimate of drug-likeness (QED) is 0.734. The lowest BCUT2D eigenvalue weighted by atomic mass is 10.1. The van der Waals surface area contributed by atoms with E-state index < -0.39 is 0 Å². The molecule has 1 heterocycles. The zero-order chi connectivity index (χ0) is 18.1. The van der Waals surface area contributed by atoms with Crippen LogP contribution in [0.5, 0.6) is 0 Å². The highest BCUT2D eigenvalue weighted by atomic mass is 35.5. The summed E-state index contributed by atoms with van der Waals surface area (Å²) in [6.45, 7) is 3.59. The number of carbonyl (C=O) groups is 2. The third-order valence-corrected chi connectivity index (χ3v) is 4.47. The topological polar surface area (TPSA) is 71.3 Å².